The minimum absolute atomic E-state index is 0.119. The van der Waals surface area contributed by atoms with Crippen molar-refractivity contribution in [2.45, 2.75) is 25.8 Å². The van der Waals surface area contributed by atoms with Gasteiger partial charge in [-0.05, 0) is 13.8 Å². The van der Waals surface area contributed by atoms with Crippen LogP contribution in [0.5, 0.6) is 0 Å². The van der Waals surface area contributed by atoms with E-state index < -0.39 is 0 Å². The van der Waals surface area contributed by atoms with Crippen LogP contribution in [0.15, 0.2) is 0 Å². The average molecular weight is 160 g/mol. The van der Waals surface area contributed by atoms with Gasteiger partial charge in [0.2, 0.25) is 5.91 Å². The summed E-state index contributed by atoms with van der Waals surface area (Å²) in [5, 5.41) is 11.1. The van der Waals surface area contributed by atoms with E-state index in [4.69, 9.17) is 10.8 Å². The number of amides is 1. The molecule has 0 spiro atoms. The number of rotatable bonds is 4. The van der Waals surface area contributed by atoms with Gasteiger partial charge in [0.15, 0.2) is 0 Å². The normalized spacial score (nSPS) is 11.3. The molecule has 4 nitrogen and oxygen atoms in total. The Morgan fingerprint density at radius 1 is 1.64 bits per heavy atom. The predicted octanol–water partition coefficient (Wildman–Crippen LogP) is -0.778. The van der Waals surface area contributed by atoms with Crippen LogP contribution in [0.1, 0.15) is 20.3 Å². The third-order valence-electron chi connectivity index (χ3n) is 1.33. The van der Waals surface area contributed by atoms with E-state index >= 15 is 0 Å². The van der Waals surface area contributed by atoms with Gasteiger partial charge in [-0.1, -0.05) is 0 Å². The number of aliphatic hydroxyl groups is 1. The monoisotopic (exact) mass is 160 g/mol. The topological polar surface area (TPSA) is 75.3 Å². The number of carbonyl (C=O) groups is 1. The predicted molar refractivity (Wildman–Crippen MR) is 43.0 cm³/mol. The third-order valence-corrected chi connectivity index (χ3v) is 1.33. The Labute approximate surface area is 66.8 Å². The number of nitrogens with one attached hydrogen (secondary N) is 1. The van der Waals surface area contributed by atoms with Crippen molar-refractivity contribution in [3.8, 4) is 0 Å². The lowest BCUT2D eigenvalue weighted by molar-refractivity contribution is -0.123. The van der Waals surface area contributed by atoms with Gasteiger partial charge in [-0.25, -0.2) is 0 Å². The van der Waals surface area contributed by atoms with Crippen molar-refractivity contribution in [1.82, 2.24) is 5.32 Å². The summed E-state index contributed by atoms with van der Waals surface area (Å²) in [5.74, 6) is -0.164. The zero-order valence-electron chi connectivity index (χ0n) is 7.05. The molecule has 1 amide bonds. The SMILES string of the molecule is CC(C)(CN)NC(=O)CCO. The van der Waals surface area contributed by atoms with Gasteiger partial charge in [0.05, 0.1) is 6.61 Å². The molecule has 0 rings (SSSR count). The Bertz CT molecular complexity index is 134. The van der Waals surface area contributed by atoms with Crippen molar-refractivity contribution in [3.63, 3.8) is 0 Å². The Balaban J connectivity index is 3.74. The maximum atomic E-state index is 10.9. The lowest BCUT2D eigenvalue weighted by atomic mass is 10.1. The Morgan fingerprint density at radius 3 is 2.55 bits per heavy atom. The van der Waals surface area contributed by atoms with Crippen LogP contribution in [-0.4, -0.2) is 29.7 Å². The van der Waals surface area contributed by atoms with Gasteiger partial charge >= 0.3 is 0 Å². The summed E-state index contributed by atoms with van der Waals surface area (Å²) in [6.07, 6.45) is 0.142. The quantitative estimate of drug-likeness (QED) is 0.505. The maximum Gasteiger partial charge on any atom is 0.222 e. The maximum absolute atomic E-state index is 10.9. The molecule has 66 valence electrons. The van der Waals surface area contributed by atoms with Crippen LogP contribution in [0.4, 0.5) is 0 Å². The summed E-state index contributed by atoms with van der Waals surface area (Å²) < 4.78 is 0. The molecular weight excluding hydrogens is 144 g/mol. The number of hydrogen-bond acceptors (Lipinski definition) is 3. The molecule has 0 aliphatic heterocycles. The van der Waals surface area contributed by atoms with Crippen molar-refractivity contribution in [2.24, 2.45) is 5.73 Å². The summed E-state index contributed by atoms with van der Waals surface area (Å²) in [6.45, 7) is 3.95. The van der Waals surface area contributed by atoms with E-state index in [0.717, 1.165) is 0 Å². The molecule has 0 aromatic heterocycles. The summed E-state index contributed by atoms with van der Waals surface area (Å²) in [4.78, 5) is 10.9. The molecule has 0 fully saturated rings. The highest BCUT2D eigenvalue weighted by Crippen LogP contribution is 1.98. The van der Waals surface area contributed by atoms with Crippen LogP contribution in [-0.2, 0) is 4.79 Å². The van der Waals surface area contributed by atoms with Gasteiger partial charge in [0, 0.05) is 18.5 Å². The molecule has 0 aliphatic rings. The molecule has 0 bridgehead atoms. The van der Waals surface area contributed by atoms with E-state index in [1.165, 1.54) is 0 Å². The fraction of sp³-hybridized carbons (Fsp3) is 0.857. The summed E-state index contributed by atoms with van der Waals surface area (Å²) in [7, 11) is 0. The van der Waals surface area contributed by atoms with Crippen molar-refractivity contribution in [2.75, 3.05) is 13.2 Å². The van der Waals surface area contributed by atoms with Gasteiger partial charge in [0.1, 0.15) is 0 Å². The Kier molecular flexibility index (Phi) is 4.07. The van der Waals surface area contributed by atoms with Crippen LogP contribution in [0.3, 0.4) is 0 Å². The van der Waals surface area contributed by atoms with Crippen molar-refractivity contribution in [3.05, 3.63) is 0 Å². The van der Waals surface area contributed by atoms with E-state index in [1.807, 2.05) is 13.8 Å². The number of hydrogen-bond donors (Lipinski definition) is 3. The molecule has 0 atom stereocenters. The summed E-state index contributed by atoms with van der Waals surface area (Å²) in [5.41, 5.74) is 5.00. The van der Waals surface area contributed by atoms with Gasteiger partial charge in [-0.15, -0.1) is 0 Å². The molecular formula is C7H16N2O2. The highest BCUT2D eigenvalue weighted by atomic mass is 16.3. The first-order valence-electron chi connectivity index (χ1n) is 3.64. The lowest BCUT2D eigenvalue weighted by Crippen LogP contribution is -2.48. The Morgan fingerprint density at radius 2 is 2.18 bits per heavy atom. The van der Waals surface area contributed by atoms with Gasteiger partial charge in [-0.2, -0.15) is 0 Å². The molecule has 0 aliphatic carbocycles. The van der Waals surface area contributed by atoms with Gasteiger partial charge < -0.3 is 16.2 Å². The molecule has 0 radical (unpaired) electrons. The van der Waals surface area contributed by atoms with Crippen LogP contribution in [0.25, 0.3) is 0 Å². The zero-order valence-corrected chi connectivity index (χ0v) is 7.05. The minimum Gasteiger partial charge on any atom is -0.396 e. The third kappa shape index (κ3) is 4.75. The first kappa shape index (κ1) is 10.4. The smallest absolute Gasteiger partial charge is 0.222 e. The molecule has 4 heteroatoms. The zero-order chi connectivity index (χ0) is 8.91. The second-order valence-electron chi connectivity index (χ2n) is 3.11. The first-order valence-corrected chi connectivity index (χ1v) is 3.64. The molecule has 0 aromatic carbocycles. The van der Waals surface area contributed by atoms with E-state index in [-0.39, 0.29) is 24.5 Å². The van der Waals surface area contributed by atoms with Crippen molar-refractivity contribution >= 4 is 5.91 Å². The molecule has 0 aromatic rings. The molecule has 0 heterocycles. The highest BCUT2D eigenvalue weighted by molar-refractivity contribution is 5.76. The highest BCUT2D eigenvalue weighted by Gasteiger charge is 2.17. The molecule has 11 heavy (non-hydrogen) atoms. The fourth-order valence-electron chi connectivity index (χ4n) is 0.592. The minimum atomic E-state index is -0.369. The second kappa shape index (κ2) is 4.31. The number of nitrogens with two attached hydrogens (primary N) is 1. The van der Waals surface area contributed by atoms with E-state index in [2.05, 4.69) is 5.32 Å². The van der Waals surface area contributed by atoms with Crippen LogP contribution in [0.2, 0.25) is 0 Å². The van der Waals surface area contributed by atoms with Gasteiger partial charge in [0.25, 0.3) is 0 Å². The van der Waals surface area contributed by atoms with Crippen LogP contribution in [0, 0.1) is 0 Å². The van der Waals surface area contributed by atoms with E-state index in [1.54, 1.807) is 0 Å². The fourth-order valence-corrected chi connectivity index (χ4v) is 0.592. The first-order chi connectivity index (χ1) is 5.02. The summed E-state index contributed by atoms with van der Waals surface area (Å²) in [6, 6.07) is 0. The second-order valence-corrected chi connectivity index (χ2v) is 3.11. The van der Waals surface area contributed by atoms with Crippen molar-refractivity contribution in [1.29, 1.82) is 0 Å². The van der Waals surface area contributed by atoms with E-state index in [9.17, 15) is 4.79 Å². The number of carbonyl (C=O) groups excluding carboxylic acids is 1. The van der Waals surface area contributed by atoms with Crippen LogP contribution < -0.4 is 11.1 Å². The lowest BCUT2D eigenvalue weighted by Gasteiger charge is -2.23. The number of aliphatic hydroxyl groups excluding tert-OH is 1. The average Bonchev–Trinajstić information content (AvgIpc) is 1.87. The molecule has 0 unspecified atom stereocenters. The summed E-state index contributed by atoms with van der Waals surface area (Å²) >= 11 is 0. The molecule has 4 N–H and O–H groups in total. The van der Waals surface area contributed by atoms with E-state index in [0.29, 0.717) is 6.54 Å². The largest absolute Gasteiger partial charge is 0.396 e. The van der Waals surface area contributed by atoms with Gasteiger partial charge in [-0.3, -0.25) is 4.79 Å². The molecule has 0 saturated heterocycles. The van der Waals surface area contributed by atoms with Crippen LogP contribution >= 0.6 is 0 Å². The Hall–Kier alpha value is -0.610. The van der Waals surface area contributed by atoms with Crippen molar-refractivity contribution < 1.29 is 9.90 Å². The standard InChI is InChI=1S/C7H16N2O2/c1-7(2,5-8)9-6(11)3-4-10/h10H,3-5,8H2,1-2H3,(H,9,11). The molecule has 0 saturated carbocycles.